The summed E-state index contributed by atoms with van der Waals surface area (Å²) in [6.07, 6.45) is 2.08. The number of hydrogen-bond acceptors (Lipinski definition) is 5. The molecule has 12 heteroatoms. The molecule has 2 N–H and O–H groups in total. The molecule has 0 spiro atoms. The number of carbonyl (C=O) groups is 1. The maximum atomic E-state index is 13.8. The molecule has 0 aliphatic heterocycles. The summed E-state index contributed by atoms with van der Waals surface area (Å²) in [6, 6.07) is 9.67. The Bertz CT molecular complexity index is 1330. The number of anilines is 1. The molecule has 0 aliphatic rings. The SMILES string of the molecule is CCCS(=O)(=O)NCCC[C@@H](COC(=O)Nc1cc2cc(F)ccc2cn1)[N]Cc1cccc(F)c1Cl. The average Bonchev–Trinajstić information content (AvgIpc) is 2.85. The number of pyridine rings is 1. The molecule has 1 heterocycles. The zero-order valence-corrected chi connectivity index (χ0v) is 21.8. The highest BCUT2D eigenvalue weighted by Crippen LogP contribution is 2.20. The van der Waals surface area contributed by atoms with Crippen molar-refractivity contribution in [3.05, 3.63) is 70.9 Å². The number of sulfonamides is 1. The fraction of sp³-hybridized carbons (Fsp3) is 0.360. The Balaban J connectivity index is 1.58. The maximum Gasteiger partial charge on any atom is 0.412 e. The van der Waals surface area contributed by atoms with E-state index >= 15 is 0 Å². The predicted molar refractivity (Wildman–Crippen MR) is 139 cm³/mol. The molecule has 1 atom stereocenters. The van der Waals surface area contributed by atoms with Crippen LogP contribution in [0, 0.1) is 11.6 Å². The number of ether oxygens (including phenoxy) is 1. The van der Waals surface area contributed by atoms with E-state index in [1.165, 1.54) is 36.5 Å². The molecule has 0 saturated heterocycles. The zero-order chi connectivity index (χ0) is 26.8. The van der Waals surface area contributed by atoms with Crippen LogP contribution >= 0.6 is 11.6 Å². The Labute approximate surface area is 219 Å². The van der Waals surface area contributed by atoms with E-state index in [-0.39, 0.29) is 36.3 Å². The second-order valence-electron chi connectivity index (χ2n) is 8.35. The van der Waals surface area contributed by atoms with Gasteiger partial charge in [-0.1, -0.05) is 30.7 Å². The van der Waals surface area contributed by atoms with Gasteiger partial charge in [0.2, 0.25) is 10.0 Å². The van der Waals surface area contributed by atoms with Crippen molar-refractivity contribution >= 4 is 44.3 Å². The number of nitrogens with one attached hydrogen (secondary N) is 2. The summed E-state index contributed by atoms with van der Waals surface area (Å²) in [5, 5.41) is 8.25. The van der Waals surface area contributed by atoms with Gasteiger partial charge in [-0.3, -0.25) is 5.32 Å². The minimum atomic E-state index is -3.34. The fourth-order valence-corrected chi connectivity index (χ4v) is 4.85. The van der Waals surface area contributed by atoms with Crippen LogP contribution < -0.4 is 15.4 Å². The zero-order valence-electron chi connectivity index (χ0n) is 20.2. The van der Waals surface area contributed by atoms with Crippen molar-refractivity contribution in [3.8, 4) is 0 Å². The van der Waals surface area contributed by atoms with Crippen molar-refractivity contribution < 1.29 is 26.7 Å². The van der Waals surface area contributed by atoms with Crippen molar-refractivity contribution in [1.82, 2.24) is 15.0 Å². The van der Waals surface area contributed by atoms with Crippen LogP contribution in [-0.2, 0) is 21.3 Å². The third-order valence-corrected chi connectivity index (χ3v) is 7.39. The summed E-state index contributed by atoms with van der Waals surface area (Å²) in [5.41, 5.74) is 0.479. The number of benzene rings is 2. The lowest BCUT2D eigenvalue weighted by atomic mass is 10.1. The second kappa shape index (κ2) is 13.6. The van der Waals surface area contributed by atoms with Gasteiger partial charge in [-0.15, -0.1) is 0 Å². The molecule has 0 fully saturated rings. The van der Waals surface area contributed by atoms with E-state index < -0.39 is 33.8 Å². The standard InChI is InChI=1S/C25H28ClF2N4O4S/c1-2-11-37(34,35)31-10-4-6-21(29-15-18-5-3-7-22(28)24(18)26)16-36-25(33)32-23-13-19-12-20(27)9-8-17(19)14-30-23/h3,5,7-9,12-14,21,31H,2,4,6,10-11,15-16H2,1H3,(H,30,32,33)/t21-/m0/s1. The van der Waals surface area contributed by atoms with E-state index in [0.717, 1.165) is 0 Å². The summed E-state index contributed by atoms with van der Waals surface area (Å²) in [6.45, 7) is 1.97. The lowest BCUT2D eigenvalue weighted by molar-refractivity contribution is 0.144. The van der Waals surface area contributed by atoms with Gasteiger partial charge in [0.05, 0.1) is 16.8 Å². The molecule has 0 saturated carbocycles. The Hall–Kier alpha value is -2.86. The molecule has 0 aliphatic carbocycles. The summed E-state index contributed by atoms with van der Waals surface area (Å²) in [5.74, 6) is -0.743. The summed E-state index contributed by atoms with van der Waals surface area (Å²) in [4.78, 5) is 16.5. The second-order valence-corrected chi connectivity index (χ2v) is 10.7. The number of amides is 1. The average molecular weight is 554 g/mol. The van der Waals surface area contributed by atoms with Crippen molar-refractivity contribution in [2.24, 2.45) is 0 Å². The normalized spacial score (nSPS) is 12.4. The number of aromatic nitrogens is 1. The molecule has 199 valence electrons. The van der Waals surface area contributed by atoms with Gasteiger partial charge in [-0.25, -0.2) is 37.0 Å². The smallest absolute Gasteiger partial charge is 0.412 e. The van der Waals surface area contributed by atoms with Gasteiger partial charge in [0.15, 0.2) is 0 Å². The topological polar surface area (TPSA) is 111 Å². The highest BCUT2D eigenvalue weighted by Gasteiger charge is 2.16. The lowest BCUT2D eigenvalue weighted by Gasteiger charge is -2.18. The van der Waals surface area contributed by atoms with Crippen molar-refractivity contribution in [1.29, 1.82) is 0 Å². The van der Waals surface area contributed by atoms with E-state index in [1.807, 2.05) is 0 Å². The van der Waals surface area contributed by atoms with Crippen LogP contribution in [0.15, 0.2) is 48.7 Å². The first-order valence-electron chi connectivity index (χ1n) is 11.7. The fourth-order valence-electron chi connectivity index (χ4n) is 3.52. The predicted octanol–water partition coefficient (Wildman–Crippen LogP) is 5.00. The molecule has 1 aromatic heterocycles. The molecule has 8 nitrogen and oxygen atoms in total. The monoisotopic (exact) mass is 553 g/mol. The number of carbonyl (C=O) groups excluding carboxylic acids is 1. The molecule has 3 aromatic rings. The van der Waals surface area contributed by atoms with Gasteiger partial charge >= 0.3 is 6.09 Å². The number of nitrogens with zero attached hydrogens (tertiary/aromatic N) is 2. The van der Waals surface area contributed by atoms with Crippen LogP contribution in [0.25, 0.3) is 10.8 Å². The third-order valence-electron chi connectivity index (χ3n) is 5.38. The molecular formula is C25H28ClF2N4O4S. The first-order chi connectivity index (χ1) is 17.7. The summed E-state index contributed by atoms with van der Waals surface area (Å²) >= 11 is 6.01. The van der Waals surface area contributed by atoms with Crippen LogP contribution in [0.1, 0.15) is 31.7 Å². The van der Waals surface area contributed by atoms with Crippen LogP contribution in [0.2, 0.25) is 5.02 Å². The van der Waals surface area contributed by atoms with E-state index in [0.29, 0.717) is 35.6 Å². The summed E-state index contributed by atoms with van der Waals surface area (Å²) in [7, 11) is -3.34. The van der Waals surface area contributed by atoms with Crippen molar-refractivity contribution in [3.63, 3.8) is 0 Å². The van der Waals surface area contributed by atoms with Crippen molar-refractivity contribution in [2.75, 3.05) is 24.2 Å². The minimum Gasteiger partial charge on any atom is -0.448 e. The van der Waals surface area contributed by atoms with E-state index in [1.54, 1.807) is 19.1 Å². The molecular weight excluding hydrogens is 526 g/mol. The van der Waals surface area contributed by atoms with Gasteiger partial charge in [0, 0.05) is 24.7 Å². The maximum absolute atomic E-state index is 13.8. The molecule has 0 bridgehead atoms. The number of halogens is 3. The lowest BCUT2D eigenvalue weighted by Crippen LogP contribution is -2.32. The molecule has 0 unspecified atom stereocenters. The Kier molecular flexibility index (Phi) is 10.6. The molecule has 2 aromatic carbocycles. The Morgan fingerprint density at radius 3 is 2.78 bits per heavy atom. The van der Waals surface area contributed by atoms with Crippen LogP contribution in [0.4, 0.5) is 19.4 Å². The van der Waals surface area contributed by atoms with Gasteiger partial charge in [-0.2, -0.15) is 0 Å². The summed E-state index contributed by atoms with van der Waals surface area (Å²) < 4.78 is 58.8. The van der Waals surface area contributed by atoms with Gasteiger partial charge in [0.1, 0.15) is 24.1 Å². The highest BCUT2D eigenvalue weighted by molar-refractivity contribution is 7.89. The molecule has 37 heavy (non-hydrogen) atoms. The Morgan fingerprint density at radius 2 is 2.00 bits per heavy atom. The third kappa shape index (κ3) is 9.19. The highest BCUT2D eigenvalue weighted by atomic mass is 35.5. The molecule has 1 amide bonds. The quantitative estimate of drug-likeness (QED) is 0.289. The first kappa shape index (κ1) is 28.7. The van der Waals surface area contributed by atoms with Gasteiger partial charge in [0.25, 0.3) is 0 Å². The van der Waals surface area contributed by atoms with Crippen LogP contribution in [0.5, 0.6) is 0 Å². The van der Waals surface area contributed by atoms with E-state index in [2.05, 4.69) is 20.3 Å². The number of fused-ring (bicyclic) bond motifs is 1. The van der Waals surface area contributed by atoms with Gasteiger partial charge in [-0.05, 0) is 60.5 Å². The number of hydrogen-bond donors (Lipinski definition) is 2. The van der Waals surface area contributed by atoms with Crippen LogP contribution in [-0.4, -0.2) is 44.4 Å². The largest absolute Gasteiger partial charge is 0.448 e. The minimum absolute atomic E-state index is 0.0326. The first-order valence-corrected chi connectivity index (χ1v) is 13.8. The van der Waals surface area contributed by atoms with Gasteiger partial charge < -0.3 is 4.74 Å². The molecule has 1 radical (unpaired) electrons. The van der Waals surface area contributed by atoms with Crippen LogP contribution in [0.3, 0.4) is 0 Å². The number of rotatable bonds is 13. The Morgan fingerprint density at radius 1 is 1.19 bits per heavy atom. The van der Waals surface area contributed by atoms with E-state index in [4.69, 9.17) is 16.3 Å². The van der Waals surface area contributed by atoms with E-state index in [9.17, 15) is 22.0 Å². The molecule has 3 rings (SSSR count). The van der Waals surface area contributed by atoms with Crippen molar-refractivity contribution in [2.45, 2.75) is 38.8 Å².